The average Bonchev–Trinajstić information content (AvgIpc) is 3.26. The Balaban J connectivity index is 1.51. The van der Waals surface area contributed by atoms with Crippen LogP contribution in [0, 0.1) is 0 Å². The molecule has 0 saturated carbocycles. The van der Waals surface area contributed by atoms with Gasteiger partial charge >= 0.3 is 0 Å². The summed E-state index contributed by atoms with van der Waals surface area (Å²) in [5.41, 5.74) is 4.30. The van der Waals surface area contributed by atoms with E-state index in [-0.39, 0.29) is 0 Å². The van der Waals surface area contributed by atoms with Crippen LogP contribution in [0.4, 0.5) is 5.82 Å². The van der Waals surface area contributed by atoms with Crippen LogP contribution in [-0.4, -0.2) is 67.3 Å². The van der Waals surface area contributed by atoms with Gasteiger partial charge in [-0.05, 0) is 31.0 Å². The summed E-state index contributed by atoms with van der Waals surface area (Å²) < 4.78 is 7.59. The van der Waals surface area contributed by atoms with E-state index in [2.05, 4.69) is 20.2 Å². The Labute approximate surface area is 196 Å². The first-order valence-corrected chi connectivity index (χ1v) is 11.5. The topological polar surface area (TPSA) is 107 Å². The maximum atomic E-state index is 5.58. The summed E-state index contributed by atoms with van der Waals surface area (Å²) >= 11 is 0. The standard InChI is InChI=1S/C24H25N9O/c1-32-22(16-4-8-25-9-5-16)29-19-23(32)30-21(31-24(19)33-11-13-34-14-12-33)18-6-10-27-20(28-18)17-3-2-7-26-15-17/h4-6,8-10,15,26H,2-3,7,11-14H2,1H3. The van der Waals surface area contributed by atoms with Gasteiger partial charge in [-0.3, -0.25) is 4.98 Å². The Kier molecular flexibility index (Phi) is 5.34. The summed E-state index contributed by atoms with van der Waals surface area (Å²) in [5.74, 6) is 2.90. The second-order valence-corrected chi connectivity index (χ2v) is 8.37. The highest BCUT2D eigenvalue weighted by atomic mass is 16.5. The molecule has 6 heterocycles. The highest BCUT2D eigenvalue weighted by molar-refractivity contribution is 5.88. The molecule has 172 valence electrons. The van der Waals surface area contributed by atoms with Gasteiger partial charge in [0.1, 0.15) is 11.5 Å². The molecule has 10 nitrogen and oxygen atoms in total. The minimum Gasteiger partial charge on any atom is -0.391 e. The summed E-state index contributed by atoms with van der Waals surface area (Å²) in [5, 5.41) is 3.29. The summed E-state index contributed by atoms with van der Waals surface area (Å²) in [6.07, 6.45) is 9.34. The summed E-state index contributed by atoms with van der Waals surface area (Å²) in [4.78, 5) is 30.5. The number of pyridine rings is 1. The molecule has 1 fully saturated rings. The van der Waals surface area contributed by atoms with E-state index in [4.69, 9.17) is 24.7 Å². The number of nitrogens with zero attached hydrogens (tertiary/aromatic N) is 8. The number of anilines is 1. The van der Waals surface area contributed by atoms with Gasteiger partial charge < -0.3 is 19.5 Å². The third-order valence-corrected chi connectivity index (χ3v) is 6.16. The number of nitrogens with one attached hydrogen (secondary N) is 1. The molecule has 0 bridgehead atoms. The Morgan fingerprint density at radius 2 is 1.79 bits per heavy atom. The van der Waals surface area contributed by atoms with Gasteiger partial charge in [-0.1, -0.05) is 0 Å². The van der Waals surface area contributed by atoms with Crippen LogP contribution in [0.3, 0.4) is 0 Å². The first-order valence-electron chi connectivity index (χ1n) is 11.5. The lowest BCUT2D eigenvalue weighted by molar-refractivity contribution is 0.122. The molecule has 0 radical (unpaired) electrons. The minimum atomic E-state index is 0.561. The molecular weight excluding hydrogens is 430 g/mol. The van der Waals surface area contributed by atoms with Crippen LogP contribution in [-0.2, 0) is 11.8 Å². The first-order chi connectivity index (χ1) is 16.8. The molecule has 4 aromatic rings. The van der Waals surface area contributed by atoms with Crippen LogP contribution < -0.4 is 10.2 Å². The Morgan fingerprint density at radius 3 is 2.59 bits per heavy atom. The molecule has 34 heavy (non-hydrogen) atoms. The van der Waals surface area contributed by atoms with Gasteiger partial charge in [0, 0.05) is 62.6 Å². The lowest BCUT2D eigenvalue weighted by atomic mass is 10.1. The van der Waals surface area contributed by atoms with E-state index in [1.54, 1.807) is 18.6 Å². The quantitative estimate of drug-likeness (QED) is 0.496. The van der Waals surface area contributed by atoms with E-state index < -0.39 is 0 Å². The number of hydrogen-bond donors (Lipinski definition) is 1. The maximum absolute atomic E-state index is 5.58. The molecule has 10 heteroatoms. The lowest BCUT2D eigenvalue weighted by Gasteiger charge is -2.28. The van der Waals surface area contributed by atoms with Crippen molar-refractivity contribution in [1.29, 1.82) is 0 Å². The van der Waals surface area contributed by atoms with Crippen LogP contribution in [0.5, 0.6) is 0 Å². The lowest BCUT2D eigenvalue weighted by Crippen LogP contribution is -2.37. The van der Waals surface area contributed by atoms with E-state index in [9.17, 15) is 0 Å². The third kappa shape index (κ3) is 3.75. The normalized spacial score (nSPS) is 16.4. The predicted octanol–water partition coefficient (Wildman–Crippen LogP) is 2.44. The number of aromatic nitrogens is 7. The number of rotatable bonds is 4. The highest BCUT2D eigenvalue weighted by Crippen LogP contribution is 2.31. The maximum Gasteiger partial charge on any atom is 0.182 e. The van der Waals surface area contributed by atoms with E-state index in [1.165, 1.54) is 0 Å². The molecule has 0 unspecified atom stereocenters. The van der Waals surface area contributed by atoms with Gasteiger partial charge in [-0.15, -0.1) is 0 Å². The Morgan fingerprint density at radius 1 is 0.941 bits per heavy atom. The fraction of sp³-hybridized carbons (Fsp3) is 0.333. The molecule has 1 N–H and O–H groups in total. The van der Waals surface area contributed by atoms with Crippen molar-refractivity contribution in [3.8, 4) is 22.9 Å². The smallest absolute Gasteiger partial charge is 0.182 e. The van der Waals surface area contributed by atoms with Crippen molar-refractivity contribution >= 4 is 22.6 Å². The fourth-order valence-electron chi connectivity index (χ4n) is 4.38. The van der Waals surface area contributed by atoms with Gasteiger partial charge in [0.15, 0.2) is 28.6 Å². The van der Waals surface area contributed by atoms with Gasteiger partial charge in [-0.25, -0.2) is 24.9 Å². The van der Waals surface area contributed by atoms with Crippen molar-refractivity contribution < 1.29 is 4.74 Å². The Hall–Kier alpha value is -3.92. The molecule has 0 aromatic carbocycles. The highest BCUT2D eigenvalue weighted by Gasteiger charge is 2.23. The molecule has 0 aliphatic carbocycles. The summed E-state index contributed by atoms with van der Waals surface area (Å²) in [7, 11) is 1.98. The zero-order chi connectivity index (χ0) is 22.9. The number of hydrogen-bond acceptors (Lipinski definition) is 9. The van der Waals surface area contributed by atoms with Gasteiger partial charge in [0.25, 0.3) is 0 Å². The molecule has 1 saturated heterocycles. The largest absolute Gasteiger partial charge is 0.391 e. The van der Waals surface area contributed by atoms with Crippen molar-refractivity contribution in [2.45, 2.75) is 12.8 Å². The minimum absolute atomic E-state index is 0.561. The van der Waals surface area contributed by atoms with Crippen molar-refractivity contribution in [3.05, 3.63) is 48.8 Å². The summed E-state index contributed by atoms with van der Waals surface area (Å²) in [6.45, 7) is 3.79. The predicted molar refractivity (Wildman–Crippen MR) is 129 cm³/mol. The van der Waals surface area contributed by atoms with E-state index in [1.807, 2.05) is 36.0 Å². The van der Waals surface area contributed by atoms with Gasteiger partial charge in [0.2, 0.25) is 0 Å². The molecule has 2 aliphatic heterocycles. The van der Waals surface area contributed by atoms with Gasteiger partial charge in [-0.2, -0.15) is 0 Å². The van der Waals surface area contributed by atoms with Crippen molar-refractivity contribution in [2.75, 3.05) is 37.7 Å². The zero-order valence-electron chi connectivity index (χ0n) is 19.0. The van der Waals surface area contributed by atoms with Gasteiger partial charge in [0.05, 0.1) is 13.2 Å². The number of morpholine rings is 1. The number of allylic oxidation sites excluding steroid dienone is 1. The molecule has 0 amide bonds. The van der Waals surface area contributed by atoms with Crippen LogP contribution in [0.25, 0.3) is 39.6 Å². The van der Waals surface area contributed by atoms with Crippen LogP contribution >= 0.6 is 0 Å². The van der Waals surface area contributed by atoms with E-state index in [0.717, 1.165) is 66.4 Å². The molecule has 6 rings (SSSR count). The van der Waals surface area contributed by atoms with E-state index >= 15 is 0 Å². The molecule has 0 spiro atoms. The van der Waals surface area contributed by atoms with Crippen LogP contribution in [0.1, 0.15) is 18.7 Å². The van der Waals surface area contributed by atoms with Crippen LogP contribution in [0.15, 0.2) is 43.0 Å². The molecular formula is C24H25N9O. The monoisotopic (exact) mass is 455 g/mol. The van der Waals surface area contributed by atoms with E-state index in [0.29, 0.717) is 30.6 Å². The summed E-state index contributed by atoms with van der Waals surface area (Å²) in [6, 6.07) is 5.77. The first kappa shape index (κ1) is 20.7. The van der Waals surface area contributed by atoms with Crippen molar-refractivity contribution in [3.63, 3.8) is 0 Å². The zero-order valence-corrected chi connectivity index (χ0v) is 19.0. The number of imidazole rings is 1. The van der Waals surface area contributed by atoms with Crippen LogP contribution in [0.2, 0.25) is 0 Å². The number of fused-ring (bicyclic) bond motifs is 1. The molecule has 0 atom stereocenters. The SMILES string of the molecule is Cn1c(-c2ccncc2)nc2c(N3CCOCC3)nc(-c3ccnc(C4=CNCCC4)n3)nc21. The third-order valence-electron chi connectivity index (χ3n) is 6.16. The Bertz CT molecular complexity index is 1360. The molecule has 4 aromatic heterocycles. The average molecular weight is 456 g/mol. The molecule has 2 aliphatic rings. The number of aryl methyl sites for hydroxylation is 1. The number of ether oxygens (including phenoxy) is 1. The second kappa shape index (κ2) is 8.79. The van der Waals surface area contributed by atoms with Crippen molar-refractivity contribution in [2.24, 2.45) is 7.05 Å². The van der Waals surface area contributed by atoms with Crippen molar-refractivity contribution in [1.82, 2.24) is 39.8 Å². The second-order valence-electron chi connectivity index (χ2n) is 8.37. The fourth-order valence-corrected chi connectivity index (χ4v) is 4.38.